The second-order valence-electron chi connectivity index (χ2n) is 12.4. The molecule has 3 nitrogen and oxygen atoms in total. The summed E-state index contributed by atoms with van der Waals surface area (Å²) in [6.45, 7) is 0. The summed E-state index contributed by atoms with van der Waals surface area (Å²) in [5.41, 5.74) is 11.4. The van der Waals surface area contributed by atoms with Gasteiger partial charge in [0.05, 0.1) is 27.8 Å². The Kier molecular flexibility index (Phi) is 5.87. The minimum Gasteiger partial charge on any atom is -0.309 e. The number of imidazole rings is 1. The zero-order chi connectivity index (χ0) is 31.6. The summed E-state index contributed by atoms with van der Waals surface area (Å²) in [5.74, 6) is 0.946. The maximum absolute atomic E-state index is 5.43. The number of nitrogens with zero attached hydrogens (tertiary/aromatic N) is 3. The molecule has 0 aliphatic carbocycles. The van der Waals surface area contributed by atoms with Crippen LogP contribution in [0, 0.1) is 0 Å². The van der Waals surface area contributed by atoms with Gasteiger partial charge in [0.25, 0.3) is 0 Å². The third kappa shape index (κ3) is 3.91. The van der Waals surface area contributed by atoms with Crippen LogP contribution in [-0.4, -0.2) is 14.0 Å². The van der Waals surface area contributed by atoms with Crippen molar-refractivity contribution < 1.29 is 0 Å². The molecule has 0 spiro atoms. The van der Waals surface area contributed by atoms with E-state index in [4.69, 9.17) is 4.98 Å². The van der Waals surface area contributed by atoms with Crippen molar-refractivity contribution in [3.05, 3.63) is 176 Å². The molecule has 0 saturated heterocycles. The fourth-order valence-electron chi connectivity index (χ4n) is 7.61. The molecule has 0 saturated carbocycles. The molecule has 0 bridgehead atoms. The van der Waals surface area contributed by atoms with Crippen LogP contribution in [0.4, 0.5) is 0 Å². The first-order valence-electron chi connectivity index (χ1n) is 16.4. The van der Waals surface area contributed by atoms with Crippen LogP contribution in [0.5, 0.6) is 0 Å². The molecule has 0 unspecified atom stereocenters. The summed E-state index contributed by atoms with van der Waals surface area (Å²) in [7, 11) is 0. The number of hydrogen-bond donors (Lipinski definition) is 0. The maximum Gasteiger partial charge on any atom is 0.145 e. The van der Waals surface area contributed by atoms with E-state index >= 15 is 0 Å². The minimum absolute atomic E-state index is 0.946. The van der Waals surface area contributed by atoms with Crippen LogP contribution >= 0.6 is 0 Å². The molecule has 0 aliphatic heterocycles. The molecule has 0 atom stereocenters. The van der Waals surface area contributed by atoms with Gasteiger partial charge in [0, 0.05) is 43.7 Å². The molecule has 3 aromatic heterocycles. The SMILES string of the molecule is c1ccc(-c2ccc3c4c5c6ccccc6n6c(-c7ccccc7)nc(-c7ccccc7)c6c5ccc4n(-c4ccccc4)c3c2)cc1. The lowest BCUT2D eigenvalue weighted by Gasteiger charge is -2.13. The van der Waals surface area contributed by atoms with Crippen LogP contribution in [0.15, 0.2) is 176 Å². The molecule has 0 radical (unpaired) electrons. The van der Waals surface area contributed by atoms with Gasteiger partial charge in [-0.3, -0.25) is 4.40 Å². The third-order valence-corrected chi connectivity index (χ3v) is 9.68. The number of para-hydroxylation sites is 2. The Bertz CT molecular complexity index is 2800. The van der Waals surface area contributed by atoms with Gasteiger partial charge < -0.3 is 4.57 Å². The quantitative estimate of drug-likeness (QED) is 0.182. The van der Waals surface area contributed by atoms with E-state index in [0.717, 1.165) is 39.4 Å². The topological polar surface area (TPSA) is 22.2 Å². The highest BCUT2D eigenvalue weighted by molar-refractivity contribution is 6.31. The van der Waals surface area contributed by atoms with Gasteiger partial charge in [-0.15, -0.1) is 0 Å². The lowest BCUT2D eigenvalue weighted by molar-refractivity contribution is 1.18. The Morgan fingerprint density at radius 3 is 1.69 bits per heavy atom. The lowest BCUT2D eigenvalue weighted by atomic mass is 9.97. The number of benzene rings is 7. The molecular formula is C45H29N3. The van der Waals surface area contributed by atoms with Gasteiger partial charge in [0.15, 0.2) is 0 Å². The second-order valence-corrected chi connectivity index (χ2v) is 12.4. The highest BCUT2D eigenvalue weighted by atomic mass is 15.0. The molecule has 7 aromatic carbocycles. The van der Waals surface area contributed by atoms with E-state index in [9.17, 15) is 0 Å². The molecule has 10 rings (SSSR count). The van der Waals surface area contributed by atoms with Gasteiger partial charge in [0.2, 0.25) is 0 Å². The van der Waals surface area contributed by atoms with E-state index in [-0.39, 0.29) is 0 Å². The average Bonchev–Trinajstić information content (AvgIpc) is 3.73. The summed E-state index contributed by atoms with van der Waals surface area (Å²) in [4.78, 5) is 5.43. The molecule has 0 amide bonds. The minimum atomic E-state index is 0.946. The monoisotopic (exact) mass is 611 g/mol. The van der Waals surface area contributed by atoms with E-state index in [0.29, 0.717) is 0 Å². The van der Waals surface area contributed by atoms with E-state index in [2.05, 4.69) is 185 Å². The molecule has 48 heavy (non-hydrogen) atoms. The van der Waals surface area contributed by atoms with Crippen LogP contribution in [0.3, 0.4) is 0 Å². The van der Waals surface area contributed by atoms with Crippen LogP contribution in [-0.2, 0) is 0 Å². The first-order chi connectivity index (χ1) is 23.8. The molecule has 0 aliphatic rings. The zero-order valence-corrected chi connectivity index (χ0v) is 26.1. The number of aromatic nitrogens is 3. The maximum atomic E-state index is 5.43. The molecule has 0 N–H and O–H groups in total. The predicted molar refractivity (Wildman–Crippen MR) is 201 cm³/mol. The highest BCUT2D eigenvalue weighted by Crippen LogP contribution is 2.45. The summed E-state index contributed by atoms with van der Waals surface area (Å²) in [5, 5.41) is 6.14. The highest BCUT2D eigenvalue weighted by Gasteiger charge is 2.24. The molecular weight excluding hydrogens is 583 g/mol. The molecule has 10 aromatic rings. The largest absolute Gasteiger partial charge is 0.309 e. The van der Waals surface area contributed by atoms with Crippen LogP contribution < -0.4 is 0 Å². The van der Waals surface area contributed by atoms with Crippen molar-refractivity contribution in [1.82, 2.24) is 14.0 Å². The van der Waals surface area contributed by atoms with E-state index in [1.165, 1.54) is 49.1 Å². The number of rotatable bonds is 4. The van der Waals surface area contributed by atoms with E-state index in [1.807, 2.05) is 0 Å². The van der Waals surface area contributed by atoms with Crippen LogP contribution in [0.1, 0.15) is 0 Å². The Balaban J connectivity index is 1.43. The number of fused-ring (bicyclic) bond motifs is 10. The van der Waals surface area contributed by atoms with Crippen molar-refractivity contribution >= 4 is 49.0 Å². The fourth-order valence-corrected chi connectivity index (χ4v) is 7.61. The van der Waals surface area contributed by atoms with Gasteiger partial charge in [-0.25, -0.2) is 4.98 Å². The van der Waals surface area contributed by atoms with Crippen molar-refractivity contribution in [2.75, 3.05) is 0 Å². The van der Waals surface area contributed by atoms with E-state index in [1.54, 1.807) is 0 Å². The molecule has 0 fully saturated rings. The van der Waals surface area contributed by atoms with Crippen molar-refractivity contribution in [2.24, 2.45) is 0 Å². The number of pyridine rings is 1. The number of hydrogen-bond acceptors (Lipinski definition) is 1. The predicted octanol–water partition coefficient (Wildman–Crippen LogP) is 11.7. The Hall–Kier alpha value is -6.45. The standard InChI is InChI=1S/C45H29N3/c1-5-15-30(16-6-1)33-25-26-36-40(29-33)47(34-21-11-4-12-22-34)39-28-27-37-41(42(36)39)35-23-13-14-24-38(35)48-44(37)43(31-17-7-2-8-18-31)46-45(48)32-19-9-3-10-20-32/h1-29H. The fraction of sp³-hybridized carbons (Fsp3) is 0. The lowest BCUT2D eigenvalue weighted by Crippen LogP contribution is -1.96. The second kappa shape index (κ2) is 10.5. The molecule has 224 valence electrons. The first-order valence-corrected chi connectivity index (χ1v) is 16.4. The van der Waals surface area contributed by atoms with Gasteiger partial charge in [-0.05, 0) is 41.5 Å². The normalized spacial score (nSPS) is 11.8. The van der Waals surface area contributed by atoms with Gasteiger partial charge >= 0.3 is 0 Å². The van der Waals surface area contributed by atoms with Gasteiger partial charge in [-0.1, -0.05) is 146 Å². The summed E-state index contributed by atoms with van der Waals surface area (Å²) in [6, 6.07) is 63.0. The van der Waals surface area contributed by atoms with Crippen molar-refractivity contribution in [1.29, 1.82) is 0 Å². The molecule has 3 heteroatoms. The first kappa shape index (κ1) is 26.7. The Morgan fingerprint density at radius 2 is 0.958 bits per heavy atom. The molecule has 3 heterocycles. The Labute approximate surface area is 277 Å². The summed E-state index contributed by atoms with van der Waals surface area (Å²) < 4.78 is 4.81. The Morgan fingerprint density at radius 1 is 0.375 bits per heavy atom. The zero-order valence-electron chi connectivity index (χ0n) is 26.1. The van der Waals surface area contributed by atoms with Gasteiger partial charge in [0.1, 0.15) is 5.82 Å². The van der Waals surface area contributed by atoms with Gasteiger partial charge in [-0.2, -0.15) is 0 Å². The van der Waals surface area contributed by atoms with Crippen molar-refractivity contribution in [2.45, 2.75) is 0 Å². The van der Waals surface area contributed by atoms with Crippen molar-refractivity contribution in [3.63, 3.8) is 0 Å². The summed E-state index contributed by atoms with van der Waals surface area (Å²) >= 11 is 0. The smallest absolute Gasteiger partial charge is 0.145 e. The third-order valence-electron chi connectivity index (χ3n) is 9.68. The summed E-state index contributed by atoms with van der Waals surface area (Å²) in [6.07, 6.45) is 0. The van der Waals surface area contributed by atoms with Crippen LogP contribution in [0.25, 0.3) is 88.5 Å². The van der Waals surface area contributed by atoms with Crippen LogP contribution in [0.2, 0.25) is 0 Å². The van der Waals surface area contributed by atoms with E-state index < -0.39 is 0 Å². The average molecular weight is 612 g/mol. The van der Waals surface area contributed by atoms with Crippen molar-refractivity contribution in [3.8, 4) is 39.5 Å².